The molecular weight excluding hydrogens is 384 g/mol. The summed E-state index contributed by atoms with van der Waals surface area (Å²) >= 11 is 0. The van der Waals surface area contributed by atoms with Gasteiger partial charge in [0.15, 0.2) is 5.60 Å². The maximum absolute atomic E-state index is 13.0. The Morgan fingerprint density at radius 2 is 1.50 bits per heavy atom. The molecule has 2 aromatic rings. The van der Waals surface area contributed by atoms with Crippen LogP contribution < -0.4 is 4.74 Å². The van der Waals surface area contributed by atoms with E-state index >= 15 is 0 Å². The number of carbonyl (C=O) groups is 2. The first kappa shape index (κ1) is 18.2. The van der Waals surface area contributed by atoms with Crippen LogP contribution in [0.2, 0.25) is 0 Å². The number of esters is 1. The Kier molecular flexibility index (Phi) is 3.56. The number of ether oxygens (including phenoxy) is 2. The Labute approximate surface area is 172 Å². The Hall–Kier alpha value is -3.80. The van der Waals surface area contributed by atoms with Crippen LogP contribution in [0.25, 0.3) is 0 Å². The van der Waals surface area contributed by atoms with E-state index in [1.165, 1.54) is 31.2 Å². The normalized spacial score (nSPS) is 22.7. The van der Waals surface area contributed by atoms with Crippen LogP contribution in [0.4, 0.5) is 0 Å². The molecule has 2 aliphatic heterocycles. The molecule has 1 unspecified atom stereocenters. The maximum atomic E-state index is 13.0. The van der Waals surface area contributed by atoms with Gasteiger partial charge in [-0.05, 0) is 44.2 Å². The Bertz CT molecular complexity index is 1180. The molecule has 2 N–H and O–H groups in total. The van der Waals surface area contributed by atoms with Crippen LogP contribution in [-0.4, -0.2) is 22.0 Å². The predicted octanol–water partition coefficient (Wildman–Crippen LogP) is 4.02. The molecule has 2 heterocycles. The number of Topliss-reactive ketones (excluding diaryl/α,β-unsaturated/α-hetero) is 1. The summed E-state index contributed by atoms with van der Waals surface area (Å²) in [5.41, 5.74) is -0.193. The van der Waals surface area contributed by atoms with Crippen molar-refractivity contribution in [3.63, 3.8) is 0 Å². The van der Waals surface area contributed by atoms with Gasteiger partial charge in [-0.15, -0.1) is 0 Å². The summed E-state index contributed by atoms with van der Waals surface area (Å²) in [7, 11) is 0. The van der Waals surface area contributed by atoms with Crippen molar-refractivity contribution in [3.8, 4) is 23.0 Å². The molecule has 0 bridgehead atoms. The molecule has 3 aliphatic rings. The molecule has 0 aromatic heterocycles. The average molecular weight is 402 g/mol. The van der Waals surface area contributed by atoms with Gasteiger partial charge in [-0.2, -0.15) is 0 Å². The lowest BCUT2D eigenvalue weighted by Gasteiger charge is -2.37. The van der Waals surface area contributed by atoms with Crippen LogP contribution in [0.5, 0.6) is 23.0 Å². The first-order valence-corrected chi connectivity index (χ1v) is 9.47. The lowest BCUT2D eigenvalue weighted by atomic mass is 9.76. The van der Waals surface area contributed by atoms with E-state index in [-0.39, 0.29) is 17.3 Å². The average Bonchev–Trinajstić information content (AvgIpc) is 2.82. The van der Waals surface area contributed by atoms with E-state index < -0.39 is 17.0 Å². The summed E-state index contributed by atoms with van der Waals surface area (Å²) in [4.78, 5) is 25.2. The lowest BCUT2D eigenvalue weighted by molar-refractivity contribution is -0.144. The number of hydrogen-bond donors (Lipinski definition) is 2. The van der Waals surface area contributed by atoms with E-state index in [2.05, 4.69) is 0 Å². The zero-order valence-corrected chi connectivity index (χ0v) is 16.3. The number of rotatable bonds is 1. The van der Waals surface area contributed by atoms with Crippen LogP contribution in [0.1, 0.15) is 25.0 Å². The number of ketones is 1. The van der Waals surface area contributed by atoms with Gasteiger partial charge < -0.3 is 19.7 Å². The summed E-state index contributed by atoms with van der Waals surface area (Å²) in [6.07, 6.45) is 6.83. The molecule has 0 saturated carbocycles. The van der Waals surface area contributed by atoms with Crippen LogP contribution in [0.15, 0.2) is 71.8 Å². The van der Waals surface area contributed by atoms with Gasteiger partial charge in [-0.3, -0.25) is 4.79 Å². The largest absolute Gasteiger partial charge is 0.508 e. The van der Waals surface area contributed by atoms with Crippen molar-refractivity contribution in [1.82, 2.24) is 0 Å². The summed E-state index contributed by atoms with van der Waals surface area (Å²) in [5.74, 6) is 0.0223. The number of phenols is 2. The third-order valence-electron chi connectivity index (χ3n) is 6.00. The molecule has 0 amide bonds. The van der Waals surface area contributed by atoms with E-state index in [9.17, 15) is 19.8 Å². The third kappa shape index (κ3) is 2.30. The fraction of sp³-hybridized carbons (Fsp3) is 0.167. The van der Waals surface area contributed by atoms with E-state index in [0.29, 0.717) is 33.8 Å². The standard InChI is InChI=1S/C24H18O6/c1-13(25)23(2)9-7-16-17(8-10-23)24(30-22(16)28)18-5-3-14(26)11-20(18)29-21-12-15(27)4-6-19(21)24/h3-12,26-27H,1-2H3. The number of aromatic hydroxyl groups is 2. The summed E-state index contributed by atoms with van der Waals surface area (Å²) in [6, 6.07) is 9.17. The zero-order valence-electron chi connectivity index (χ0n) is 16.3. The molecule has 5 rings (SSSR count). The number of fused-ring (bicyclic) bond motifs is 5. The van der Waals surface area contributed by atoms with E-state index in [1.807, 2.05) is 0 Å². The van der Waals surface area contributed by atoms with Crippen molar-refractivity contribution in [1.29, 1.82) is 0 Å². The van der Waals surface area contributed by atoms with Crippen LogP contribution in [0.3, 0.4) is 0 Å². The number of hydrogen-bond acceptors (Lipinski definition) is 6. The third-order valence-corrected chi connectivity index (χ3v) is 6.00. The lowest BCUT2D eigenvalue weighted by Crippen LogP contribution is -2.34. The second-order valence-electron chi connectivity index (χ2n) is 7.87. The predicted molar refractivity (Wildman–Crippen MR) is 107 cm³/mol. The second kappa shape index (κ2) is 5.86. The van der Waals surface area contributed by atoms with E-state index in [0.717, 1.165) is 0 Å². The monoisotopic (exact) mass is 402 g/mol. The minimum absolute atomic E-state index is 0.00788. The van der Waals surface area contributed by atoms with Gasteiger partial charge in [0, 0.05) is 28.8 Å². The molecule has 1 atom stereocenters. The molecule has 6 nitrogen and oxygen atoms in total. The highest BCUT2D eigenvalue weighted by Crippen LogP contribution is 2.58. The van der Waals surface area contributed by atoms with Gasteiger partial charge in [0.05, 0.1) is 11.0 Å². The van der Waals surface area contributed by atoms with Gasteiger partial charge in [-0.25, -0.2) is 4.79 Å². The SMILES string of the molecule is CC(=O)C1(C)C=CC2=C(C=C1)C1(OC2=O)c2ccc(O)cc2Oc2cc(O)ccc21. The number of benzene rings is 2. The van der Waals surface area contributed by atoms with Crippen molar-refractivity contribution in [2.45, 2.75) is 19.4 Å². The molecule has 150 valence electrons. The van der Waals surface area contributed by atoms with Crippen molar-refractivity contribution in [2.75, 3.05) is 0 Å². The molecule has 0 radical (unpaired) electrons. The quantitative estimate of drug-likeness (QED) is 0.700. The fourth-order valence-corrected chi connectivity index (χ4v) is 4.15. The maximum Gasteiger partial charge on any atom is 0.340 e. The number of allylic oxidation sites excluding steroid dienone is 2. The van der Waals surface area contributed by atoms with Crippen LogP contribution >= 0.6 is 0 Å². The molecule has 6 heteroatoms. The minimum Gasteiger partial charge on any atom is -0.508 e. The van der Waals surface area contributed by atoms with Crippen molar-refractivity contribution in [3.05, 3.63) is 83.0 Å². The summed E-state index contributed by atoms with van der Waals surface area (Å²) in [6.45, 7) is 3.29. The second-order valence-corrected chi connectivity index (χ2v) is 7.87. The molecule has 1 aliphatic carbocycles. The van der Waals surface area contributed by atoms with Gasteiger partial charge in [0.1, 0.15) is 28.8 Å². The molecule has 2 aromatic carbocycles. The van der Waals surface area contributed by atoms with Crippen molar-refractivity contribution < 1.29 is 29.3 Å². The number of carbonyl (C=O) groups excluding carboxylic acids is 2. The summed E-state index contributed by atoms with van der Waals surface area (Å²) in [5, 5.41) is 19.9. The van der Waals surface area contributed by atoms with Crippen molar-refractivity contribution >= 4 is 11.8 Å². The zero-order chi connectivity index (χ0) is 21.3. The topological polar surface area (TPSA) is 93.1 Å². The van der Waals surface area contributed by atoms with Crippen molar-refractivity contribution in [2.24, 2.45) is 5.41 Å². The Morgan fingerprint density at radius 3 is 2.07 bits per heavy atom. The molecule has 0 fully saturated rings. The Morgan fingerprint density at radius 1 is 0.933 bits per heavy atom. The van der Waals surface area contributed by atoms with E-state index in [1.54, 1.807) is 43.4 Å². The molecule has 0 saturated heterocycles. The van der Waals surface area contributed by atoms with Gasteiger partial charge >= 0.3 is 5.97 Å². The fourth-order valence-electron chi connectivity index (χ4n) is 4.15. The van der Waals surface area contributed by atoms with Gasteiger partial charge in [-0.1, -0.05) is 18.2 Å². The van der Waals surface area contributed by atoms with Crippen LogP contribution in [0, 0.1) is 5.41 Å². The van der Waals surface area contributed by atoms with Gasteiger partial charge in [0.2, 0.25) is 0 Å². The minimum atomic E-state index is -1.33. The number of phenolic OH excluding ortho intramolecular Hbond substituents is 2. The molecule has 1 spiro atoms. The molecule has 30 heavy (non-hydrogen) atoms. The highest BCUT2D eigenvalue weighted by atomic mass is 16.6. The molecular formula is C24H18O6. The van der Waals surface area contributed by atoms with Crippen LogP contribution in [-0.2, 0) is 19.9 Å². The first-order valence-electron chi connectivity index (χ1n) is 9.47. The van der Waals surface area contributed by atoms with E-state index in [4.69, 9.17) is 9.47 Å². The smallest absolute Gasteiger partial charge is 0.340 e. The Balaban J connectivity index is 1.83. The highest BCUT2D eigenvalue weighted by molar-refractivity contribution is 5.99. The first-order chi connectivity index (χ1) is 14.2. The van der Waals surface area contributed by atoms with Gasteiger partial charge in [0.25, 0.3) is 0 Å². The summed E-state index contributed by atoms with van der Waals surface area (Å²) < 4.78 is 11.9. The highest BCUT2D eigenvalue weighted by Gasteiger charge is 2.54.